The first-order chi connectivity index (χ1) is 11.6. The Balaban J connectivity index is 1.78. The van der Waals surface area contributed by atoms with Gasteiger partial charge >= 0.3 is 6.09 Å². The van der Waals surface area contributed by atoms with Crippen LogP contribution in [0.25, 0.3) is 0 Å². The number of thioether (sulfide) groups is 1. The van der Waals surface area contributed by atoms with Gasteiger partial charge in [0.1, 0.15) is 12.4 Å². The summed E-state index contributed by atoms with van der Waals surface area (Å²) in [4.78, 5) is 26.5. The van der Waals surface area contributed by atoms with Gasteiger partial charge in [-0.3, -0.25) is 9.69 Å². The number of benzene rings is 1. The van der Waals surface area contributed by atoms with Crippen molar-refractivity contribution in [3.63, 3.8) is 0 Å². The van der Waals surface area contributed by atoms with Gasteiger partial charge < -0.3 is 15.0 Å². The minimum atomic E-state index is -0.521. The van der Waals surface area contributed by atoms with E-state index in [-0.39, 0.29) is 30.9 Å². The Morgan fingerprint density at radius 2 is 2.17 bits per heavy atom. The maximum atomic E-state index is 14.6. The number of halogens is 1. The fourth-order valence-corrected chi connectivity index (χ4v) is 3.80. The highest BCUT2D eigenvalue weighted by Gasteiger charge is 2.34. The number of hydrogen-bond acceptors (Lipinski definition) is 5. The van der Waals surface area contributed by atoms with Crippen LogP contribution in [0.15, 0.2) is 18.2 Å². The summed E-state index contributed by atoms with van der Waals surface area (Å²) in [5, 5.41) is 2.67. The van der Waals surface area contributed by atoms with Crippen molar-refractivity contribution >= 4 is 35.1 Å². The van der Waals surface area contributed by atoms with E-state index in [1.807, 2.05) is 16.7 Å². The molecule has 0 spiro atoms. The van der Waals surface area contributed by atoms with E-state index in [0.717, 1.165) is 24.6 Å². The molecule has 1 aromatic rings. The first kappa shape index (κ1) is 16.9. The predicted octanol–water partition coefficient (Wildman–Crippen LogP) is 1.84. The van der Waals surface area contributed by atoms with Gasteiger partial charge in [-0.1, -0.05) is 0 Å². The van der Waals surface area contributed by atoms with Gasteiger partial charge in [-0.15, -0.1) is 0 Å². The Hall–Kier alpha value is -1.96. The number of amides is 2. The number of carbonyl (C=O) groups excluding carboxylic acids is 2. The lowest BCUT2D eigenvalue weighted by molar-refractivity contribution is -0.119. The van der Waals surface area contributed by atoms with Gasteiger partial charge in [0.25, 0.3) is 0 Å². The normalized spacial score (nSPS) is 20.9. The number of rotatable bonds is 4. The number of nitrogens with zero attached hydrogens (tertiary/aromatic N) is 2. The Morgan fingerprint density at radius 3 is 2.83 bits per heavy atom. The Bertz CT molecular complexity index is 637. The average molecular weight is 353 g/mol. The highest BCUT2D eigenvalue weighted by Crippen LogP contribution is 2.29. The number of anilines is 2. The molecule has 3 rings (SSSR count). The SMILES string of the molecule is CC(=O)NC[C@H]1COC(=O)N1c1ccc(N2CCSCC2)c(F)c1. The van der Waals surface area contributed by atoms with E-state index in [2.05, 4.69) is 5.32 Å². The van der Waals surface area contributed by atoms with E-state index in [1.165, 1.54) is 17.9 Å². The van der Waals surface area contributed by atoms with Gasteiger partial charge in [-0.2, -0.15) is 11.8 Å². The van der Waals surface area contributed by atoms with Crippen LogP contribution in [-0.2, 0) is 9.53 Å². The number of cyclic esters (lactones) is 1. The summed E-state index contributed by atoms with van der Waals surface area (Å²) in [6.45, 7) is 3.49. The lowest BCUT2D eigenvalue weighted by Gasteiger charge is -2.29. The smallest absolute Gasteiger partial charge is 0.414 e. The molecule has 0 aliphatic carbocycles. The van der Waals surface area contributed by atoms with Crippen molar-refractivity contribution in [3.05, 3.63) is 24.0 Å². The molecular formula is C16H20FN3O3S. The zero-order valence-corrected chi connectivity index (χ0v) is 14.3. The second-order valence-electron chi connectivity index (χ2n) is 5.77. The first-order valence-electron chi connectivity index (χ1n) is 7.89. The minimum Gasteiger partial charge on any atom is -0.447 e. The molecule has 0 aromatic heterocycles. The molecule has 6 nitrogen and oxygen atoms in total. The van der Waals surface area contributed by atoms with Crippen LogP contribution in [0.3, 0.4) is 0 Å². The fourth-order valence-electron chi connectivity index (χ4n) is 2.89. The van der Waals surface area contributed by atoms with Crippen molar-refractivity contribution in [2.45, 2.75) is 13.0 Å². The van der Waals surface area contributed by atoms with Crippen LogP contribution < -0.4 is 15.1 Å². The summed E-state index contributed by atoms with van der Waals surface area (Å²) in [5.41, 5.74) is 1.01. The van der Waals surface area contributed by atoms with Crippen molar-refractivity contribution in [2.75, 3.05) is 47.5 Å². The van der Waals surface area contributed by atoms with Gasteiger partial charge in [0.05, 0.1) is 17.4 Å². The second-order valence-corrected chi connectivity index (χ2v) is 7.00. The third-order valence-corrected chi connectivity index (χ3v) is 5.05. The maximum Gasteiger partial charge on any atom is 0.414 e. The van der Waals surface area contributed by atoms with Gasteiger partial charge in [-0.25, -0.2) is 9.18 Å². The quantitative estimate of drug-likeness (QED) is 0.895. The monoisotopic (exact) mass is 353 g/mol. The lowest BCUT2D eigenvalue weighted by Crippen LogP contribution is -2.42. The van der Waals surface area contributed by atoms with Gasteiger partial charge in [-0.05, 0) is 18.2 Å². The van der Waals surface area contributed by atoms with Crippen molar-refractivity contribution in [2.24, 2.45) is 0 Å². The van der Waals surface area contributed by atoms with E-state index in [9.17, 15) is 14.0 Å². The van der Waals surface area contributed by atoms with E-state index >= 15 is 0 Å². The molecule has 0 bridgehead atoms. The van der Waals surface area contributed by atoms with Crippen molar-refractivity contribution < 1.29 is 18.7 Å². The molecule has 2 heterocycles. The zero-order valence-electron chi connectivity index (χ0n) is 13.5. The Morgan fingerprint density at radius 1 is 1.42 bits per heavy atom. The molecular weight excluding hydrogens is 333 g/mol. The summed E-state index contributed by atoms with van der Waals surface area (Å²) in [5.74, 6) is 1.44. The summed E-state index contributed by atoms with van der Waals surface area (Å²) in [7, 11) is 0. The summed E-state index contributed by atoms with van der Waals surface area (Å²) in [6, 6.07) is 4.47. The number of carbonyl (C=O) groups is 2. The van der Waals surface area contributed by atoms with Crippen LogP contribution in [0.1, 0.15) is 6.92 Å². The second kappa shape index (κ2) is 7.29. The van der Waals surface area contributed by atoms with E-state index < -0.39 is 6.09 Å². The number of nitrogens with one attached hydrogen (secondary N) is 1. The van der Waals surface area contributed by atoms with E-state index in [1.54, 1.807) is 12.1 Å². The van der Waals surface area contributed by atoms with Gasteiger partial charge in [0.2, 0.25) is 5.91 Å². The molecule has 2 saturated heterocycles. The maximum absolute atomic E-state index is 14.6. The molecule has 8 heteroatoms. The summed E-state index contributed by atoms with van der Waals surface area (Å²) in [6.07, 6.45) is -0.521. The van der Waals surface area contributed by atoms with Crippen LogP contribution in [0.2, 0.25) is 0 Å². The third-order valence-electron chi connectivity index (χ3n) is 4.11. The third kappa shape index (κ3) is 3.58. The molecule has 130 valence electrons. The van der Waals surface area contributed by atoms with Gasteiger partial charge in [0.15, 0.2) is 0 Å². The minimum absolute atomic E-state index is 0.172. The Labute approximate surface area is 144 Å². The van der Waals surface area contributed by atoms with Crippen LogP contribution in [0.5, 0.6) is 0 Å². The van der Waals surface area contributed by atoms with Crippen LogP contribution in [0, 0.1) is 5.82 Å². The van der Waals surface area contributed by atoms with Crippen LogP contribution in [0.4, 0.5) is 20.6 Å². The van der Waals surface area contributed by atoms with Crippen LogP contribution in [-0.4, -0.2) is 55.8 Å². The molecule has 1 N–H and O–H groups in total. The summed E-state index contributed by atoms with van der Waals surface area (Å²) >= 11 is 1.86. The largest absolute Gasteiger partial charge is 0.447 e. The standard InChI is InChI=1S/C16H20FN3O3S/c1-11(21)18-9-13-10-23-16(22)20(13)12-2-3-15(14(17)8-12)19-4-6-24-7-5-19/h2-3,8,13H,4-7,9-10H2,1H3,(H,18,21)/t13-/m0/s1. The predicted molar refractivity (Wildman–Crippen MR) is 92.2 cm³/mol. The molecule has 0 saturated carbocycles. The Kier molecular flexibility index (Phi) is 5.13. The number of hydrogen-bond donors (Lipinski definition) is 1. The fraction of sp³-hybridized carbons (Fsp3) is 0.500. The summed E-state index contributed by atoms with van der Waals surface area (Å²) < 4.78 is 19.6. The van der Waals surface area contributed by atoms with E-state index in [4.69, 9.17) is 4.74 Å². The highest BCUT2D eigenvalue weighted by atomic mass is 32.2. The van der Waals surface area contributed by atoms with Crippen molar-refractivity contribution in [1.82, 2.24) is 5.32 Å². The zero-order chi connectivity index (χ0) is 17.1. The first-order valence-corrected chi connectivity index (χ1v) is 9.04. The average Bonchev–Trinajstić information content (AvgIpc) is 2.94. The highest BCUT2D eigenvalue weighted by molar-refractivity contribution is 7.99. The molecule has 24 heavy (non-hydrogen) atoms. The molecule has 2 aliphatic heterocycles. The van der Waals surface area contributed by atoms with Gasteiger partial charge in [0, 0.05) is 38.1 Å². The molecule has 0 unspecified atom stereocenters. The molecule has 2 fully saturated rings. The van der Waals surface area contributed by atoms with Crippen LogP contribution >= 0.6 is 11.8 Å². The molecule has 1 atom stereocenters. The van der Waals surface area contributed by atoms with Crippen molar-refractivity contribution in [3.8, 4) is 0 Å². The van der Waals surface area contributed by atoms with Crippen molar-refractivity contribution in [1.29, 1.82) is 0 Å². The topological polar surface area (TPSA) is 61.9 Å². The van der Waals surface area contributed by atoms with E-state index in [0.29, 0.717) is 11.4 Å². The molecule has 2 aliphatic rings. The lowest BCUT2D eigenvalue weighted by atomic mass is 10.2. The molecule has 0 radical (unpaired) electrons. The number of ether oxygens (including phenoxy) is 1. The molecule has 1 aromatic carbocycles. The molecule has 2 amide bonds.